The Morgan fingerprint density at radius 2 is 2.36 bits per heavy atom. The Morgan fingerprint density at radius 3 is 3.00 bits per heavy atom. The Morgan fingerprint density at radius 1 is 1.59 bits per heavy atom. The van der Waals surface area contributed by atoms with Crippen LogP contribution in [0.25, 0.3) is 0 Å². The molecule has 2 unspecified atom stereocenters. The number of methoxy groups -OCH3 is 1. The molecule has 1 N–H and O–H groups in total. The molecule has 122 valence electrons. The molecule has 0 radical (unpaired) electrons. The first-order valence-electron chi connectivity index (χ1n) is 6.83. The van der Waals surface area contributed by atoms with E-state index in [2.05, 4.69) is 10.1 Å². The number of alkyl halides is 2. The van der Waals surface area contributed by atoms with Gasteiger partial charge in [0.05, 0.1) is 31.7 Å². The van der Waals surface area contributed by atoms with Crippen LogP contribution in [0.3, 0.4) is 0 Å². The fourth-order valence-corrected chi connectivity index (χ4v) is 2.46. The number of allylic oxidation sites excluding steroid dienone is 1. The minimum absolute atomic E-state index is 0.192. The summed E-state index contributed by atoms with van der Waals surface area (Å²) < 4.78 is 43.7. The van der Waals surface area contributed by atoms with Gasteiger partial charge < -0.3 is 4.74 Å². The third kappa shape index (κ3) is 3.33. The predicted octanol–water partition coefficient (Wildman–Crippen LogP) is 1.57. The highest BCUT2D eigenvalue weighted by molar-refractivity contribution is 5.88. The summed E-state index contributed by atoms with van der Waals surface area (Å²) in [5.74, 6) is -0.492. The Bertz CT molecular complexity index is 508. The summed E-state index contributed by atoms with van der Waals surface area (Å²) in [5, 5.41) is 6.02. The number of rotatable bonds is 5. The van der Waals surface area contributed by atoms with Gasteiger partial charge in [0.25, 0.3) is 0 Å². The maximum Gasteiger partial charge on any atom is 0.335 e. The van der Waals surface area contributed by atoms with Gasteiger partial charge in [-0.15, -0.1) is 0 Å². The van der Waals surface area contributed by atoms with Gasteiger partial charge in [0, 0.05) is 24.9 Å². The molecule has 0 aromatic heterocycles. The summed E-state index contributed by atoms with van der Waals surface area (Å²) in [6, 6.07) is -1.13. The fourth-order valence-electron chi connectivity index (χ4n) is 2.46. The minimum atomic E-state index is -1.88. The number of hydrazine groups is 1. The van der Waals surface area contributed by atoms with Gasteiger partial charge in [-0.05, 0) is 6.08 Å². The number of esters is 1. The SMILES string of the molecule is COC(=O)C1=CN2C(=CC1)CNCN2C(C=CF)C(F)CF. The summed E-state index contributed by atoms with van der Waals surface area (Å²) in [4.78, 5) is 11.6. The van der Waals surface area contributed by atoms with Gasteiger partial charge >= 0.3 is 5.97 Å². The highest BCUT2D eigenvalue weighted by atomic mass is 19.2. The quantitative estimate of drug-likeness (QED) is 0.780. The Balaban J connectivity index is 2.29. The smallest absolute Gasteiger partial charge is 0.335 e. The summed E-state index contributed by atoms with van der Waals surface area (Å²) in [6.45, 7) is -0.524. The molecule has 0 saturated carbocycles. The number of hydrogen-bond acceptors (Lipinski definition) is 5. The van der Waals surface area contributed by atoms with Crippen LogP contribution in [0, 0.1) is 0 Å². The summed E-state index contributed by atoms with van der Waals surface area (Å²) >= 11 is 0. The van der Waals surface area contributed by atoms with Crippen molar-refractivity contribution in [3.05, 3.63) is 36.0 Å². The molecular weight excluding hydrogens is 299 g/mol. The molecule has 2 aliphatic heterocycles. The molecule has 8 heteroatoms. The van der Waals surface area contributed by atoms with Crippen molar-refractivity contribution in [3.63, 3.8) is 0 Å². The number of nitrogens with zero attached hydrogens (tertiary/aromatic N) is 2. The average Bonchev–Trinajstić information content (AvgIpc) is 2.57. The molecule has 5 nitrogen and oxygen atoms in total. The first-order chi connectivity index (χ1) is 10.6. The van der Waals surface area contributed by atoms with Gasteiger partial charge in [-0.3, -0.25) is 10.3 Å². The van der Waals surface area contributed by atoms with Crippen LogP contribution in [-0.2, 0) is 9.53 Å². The second-order valence-corrected chi connectivity index (χ2v) is 4.89. The van der Waals surface area contributed by atoms with Gasteiger partial charge in [0.15, 0.2) is 0 Å². The van der Waals surface area contributed by atoms with Gasteiger partial charge in [0.1, 0.15) is 12.8 Å². The van der Waals surface area contributed by atoms with Crippen LogP contribution < -0.4 is 5.32 Å². The molecule has 2 atom stereocenters. The Hall–Kier alpha value is -1.80. The van der Waals surface area contributed by atoms with Crippen molar-refractivity contribution in [1.29, 1.82) is 0 Å². The topological polar surface area (TPSA) is 44.8 Å². The number of carbonyl (C=O) groups is 1. The predicted molar refractivity (Wildman–Crippen MR) is 74.3 cm³/mol. The molecule has 22 heavy (non-hydrogen) atoms. The number of fused-ring (bicyclic) bond motifs is 1. The van der Waals surface area contributed by atoms with Crippen LogP contribution in [0.5, 0.6) is 0 Å². The lowest BCUT2D eigenvalue weighted by atomic mass is 10.1. The molecule has 1 saturated heterocycles. The van der Waals surface area contributed by atoms with Crippen LogP contribution >= 0.6 is 0 Å². The van der Waals surface area contributed by atoms with E-state index in [-0.39, 0.29) is 13.0 Å². The van der Waals surface area contributed by atoms with Gasteiger partial charge in [-0.2, -0.15) is 5.01 Å². The maximum atomic E-state index is 13.8. The van der Waals surface area contributed by atoms with Crippen molar-refractivity contribution in [2.24, 2.45) is 0 Å². The van der Waals surface area contributed by atoms with E-state index in [1.807, 2.05) is 0 Å². The zero-order chi connectivity index (χ0) is 16.1. The molecule has 2 aliphatic rings. The van der Waals surface area contributed by atoms with Crippen LogP contribution in [-0.4, -0.2) is 55.2 Å². The van der Waals surface area contributed by atoms with Crippen molar-refractivity contribution in [3.8, 4) is 0 Å². The molecule has 1 fully saturated rings. The highest BCUT2D eigenvalue weighted by Gasteiger charge is 2.34. The summed E-state index contributed by atoms with van der Waals surface area (Å²) in [6.07, 6.45) is 2.97. The summed E-state index contributed by atoms with van der Waals surface area (Å²) in [7, 11) is 1.27. The molecule has 2 heterocycles. The van der Waals surface area contributed by atoms with Gasteiger partial charge in [-0.25, -0.2) is 18.0 Å². The monoisotopic (exact) mass is 317 g/mol. The van der Waals surface area contributed by atoms with E-state index in [9.17, 15) is 18.0 Å². The van der Waals surface area contributed by atoms with Crippen LogP contribution in [0.15, 0.2) is 36.0 Å². The van der Waals surface area contributed by atoms with Crippen LogP contribution in [0.2, 0.25) is 0 Å². The molecular formula is C14H18F3N3O2. The highest BCUT2D eigenvalue weighted by Crippen LogP contribution is 2.26. The van der Waals surface area contributed by atoms with Crippen molar-refractivity contribution < 1.29 is 22.7 Å². The lowest BCUT2D eigenvalue weighted by molar-refractivity contribution is -0.136. The Labute approximate surface area is 126 Å². The van der Waals surface area contributed by atoms with Crippen molar-refractivity contribution in [1.82, 2.24) is 15.3 Å². The second kappa shape index (κ2) is 7.46. The van der Waals surface area contributed by atoms with Gasteiger partial charge in [-0.1, -0.05) is 6.08 Å². The maximum absolute atomic E-state index is 13.8. The zero-order valence-corrected chi connectivity index (χ0v) is 12.1. The normalized spacial score (nSPS) is 21.9. The van der Waals surface area contributed by atoms with Crippen LogP contribution in [0.1, 0.15) is 6.42 Å². The standard InChI is InChI=1S/C14H18F3N3O2/c1-22-14(21)10-2-3-11-7-18-9-20(19(11)8-10)13(4-5-15)12(17)6-16/h3-5,8,12-13,18H,2,6-7,9H2,1H3. The molecule has 0 amide bonds. The molecule has 0 spiro atoms. The van der Waals surface area contributed by atoms with E-state index in [0.717, 1.165) is 11.8 Å². The number of ether oxygens (including phenoxy) is 1. The molecule has 0 aromatic carbocycles. The largest absolute Gasteiger partial charge is 0.466 e. The number of halogens is 3. The lowest BCUT2D eigenvalue weighted by Crippen LogP contribution is -2.58. The number of hydrogen-bond donors (Lipinski definition) is 1. The van der Waals surface area contributed by atoms with E-state index >= 15 is 0 Å². The van der Waals surface area contributed by atoms with E-state index in [0.29, 0.717) is 18.5 Å². The second-order valence-electron chi connectivity index (χ2n) is 4.89. The zero-order valence-electron chi connectivity index (χ0n) is 12.1. The molecule has 2 rings (SSSR count). The first-order valence-corrected chi connectivity index (χ1v) is 6.83. The Kier molecular flexibility index (Phi) is 5.62. The molecule has 0 bridgehead atoms. The number of carbonyl (C=O) groups excluding carboxylic acids is 1. The van der Waals surface area contributed by atoms with Crippen molar-refractivity contribution >= 4 is 5.97 Å². The third-order valence-corrected chi connectivity index (χ3v) is 3.57. The van der Waals surface area contributed by atoms with E-state index in [1.54, 1.807) is 11.1 Å². The van der Waals surface area contributed by atoms with Crippen LogP contribution in [0.4, 0.5) is 13.2 Å². The molecule has 0 aliphatic carbocycles. The number of nitrogens with one attached hydrogen (secondary N) is 1. The van der Waals surface area contributed by atoms with Crippen molar-refractivity contribution in [2.45, 2.75) is 18.6 Å². The molecule has 0 aromatic rings. The first kappa shape index (κ1) is 16.6. The fraction of sp³-hybridized carbons (Fsp3) is 0.500. The minimum Gasteiger partial charge on any atom is -0.466 e. The van der Waals surface area contributed by atoms with E-state index < -0.39 is 24.9 Å². The van der Waals surface area contributed by atoms with E-state index in [4.69, 9.17) is 0 Å². The van der Waals surface area contributed by atoms with Gasteiger partial charge in [0.2, 0.25) is 0 Å². The lowest BCUT2D eigenvalue weighted by Gasteiger charge is -2.45. The average molecular weight is 317 g/mol. The third-order valence-electron chi connectivity index (χ3n) is 3.57. The van der Waals surface area contributed by atoms with E-state index in [1.165, 1.54) is 18.3 Å². The summed E-state index contributed by atoms with van der Waals surface area (Å²) in [5.41, 5.74) is 1.17. The van der Waals surface area contributed by atoms with Crippen molar-refractivity contribution in [2.75, 3.05) is 27.0 Å².